The van der Waals surface area contributed by atoms with E-state index in [0.29, 0.717) is 0 Å². The normalized spacial score (nSPS) is 22.1. The molecule has 0 spiro atoms. The molecule has 0 saturated heterocycles. The zero-order valence-electron chi connectivity index (χ0n) is 8.02. The molecule has 0 nitrogen and oxygen atoms in total. The molecule has 1 aliphatic carbocycles. The second-order valence-electron chi connectivity index (χ2n) is 4.49. The second kappa shape index (κ2) is 3.99. The van der Waals surface area contributed by atoms with Gasteiger partial charge < -0.3 is 0 Å². The minimum atomic E-state index is -0.828. The van der Waals surface area contributed by atoms with E-state index in [0.717, 1.165) is 5.25 Å². The highest BCUT2D eigenvalue weighted by molar-refractivity contribution is 8.29. The van der Waals surface area contributed by atoms with Crippen LogP contribution in [0.2, 0.25) is 19.6 Å². The molecular weight excluding hydrogens is 168 g/mol. The van der Waals surface area contributed by atoms with Crippen molar-refractivity contribution in [1.82, 2.24) is 0 Å². The van der Waals surface area contributed by atoms with Gasteiger partial charge in [0.2, 0.25) is 0 Å². The van der Waals surface area contributed by atoms with Gasteiger partial charge in [-0.3, -0.25) is 0 Å². The molecule has 0 atom stereocenters. The Morgan fingerprint density at radius 3 is 2.00 bits per heavy atom. The van der Waals surface area contributed by atoms with E-state index >= 15 is 0 Å². The van der Waals surface area contributed by atoms with E-state index < -0.39 is 7.22 Å². The number of hydrogen-bond donors (Lipinski definition) is 0. The zero-order valence-corrected chi connectivity index (χ0v) is 9.84. The van der Waals surface area contributed by atoms with E-state index in [-0.39, 0.29) is 0 Å². The van der Waals surface area contributed by atoms with Crippen molar-refractivity contribution in [2.24, 2.45) is 0 Å². The van der Waals surface area contributed by atoms with Gasteiger partial charge in [-0.1, -0.05) is 38.9 Å². The maximum absolute atomic E-state index is 2.46. The lowest BCUT2D eigenvalue weighted by Crippen LogP contribution is -2.21. The van der Waals surface area contributed by atoms with Gasteiger partial charge in [-0.25, -0.2) is 0 Å². The van der Waals surface area contributed by atoms with Gasteiger partial charge in [0.25, 0.3) is 0 Å². The SMILES string of the molecule is C[Si](C)(C)SC1CCCCC1. The van der Waals surface area contributed by atoms with Crippen molar-refractivity contribution in [3.63, 3.8) is 0 Å². The Morgan fingerprint density at radius 2 is 1.55 bits per heavy atom. The third kappa shape index (κ3) is 4.21. The van der Waals surface area contributed by atoms with Crippen LogP contribution in [0.4, 0.5) is 0 Å². The first-order valence-corrected chi connectivity index (χ1v) is 9.86. The Kier molecular flexibility index (Phi) is 3.50. The number of rotatable bonds is 2. The van der Waals surface area contributed by atoms with Crippen molar-refractivity contribution in [3.8, 4) is 0 Å². The topological polar surface area (TPSA) is 0 Å². The van der Waals surface area contributed by atoms with Crippen LogP contribution in [-0.4, -0.2) is 12.5 Å². The van der Waals surface area contributed by atoms with Crippen LogP contribution in [0.1, 0.15) is 32.1 Å². The quantitative estimate of drug-likeness (QED) is 0.593. The molecule has 1 aliphatic rings. The molecule has 66 valence electrons. The molecule has 0 unspecified atom stereocenters. The molecule has 0 heterocycles. The second-order valence-corrected chi connectivity index (χ2v) is 14.0. The van der Waals surface area contributed by atoms with Crippen LogP contribution in [0, 0.1) is 0 Å². The molecule has 0 aromatic carbocycles. The minimum absolute atomic E-state index is 0.828. The molecule has 0 aromatic rings. The Bertz CT molecular complexity index is 111. The van der Waals surface area contributed by atoms with Crippen molar-refractivity contribution < 1.29 is 0 Å². The van der Waals surface area contributed by atoms with Gasteiger partial charge >= 0.3 is 0 Å². The molecule has 0 aliphatic heterocycles. The Hall–Kier alpha value is 0.567. The molecule has 0 amide bonds. The average Bonchev–Trinajstić information content (AvgIpc) is 1.85. The van der Waals surface area contributed by atoms with Crippen LogP contribution in [0.3, 0.4) is 0 Å². The summed E-state index contributed by atoms with van der Waals surface area (Å²) in [5.74, 6) is 0. The Labute approximate surface area is 75.8 Å². The molecule has 0 aromatic heterocycles. The van der Waals surface area contributed by atoms with E-state index in [1.807, 2.05) is 0 Å². The van der Waals surface area contributed by atoms with Gasteiger partial charge in [0.15, 0.2) is 0 Å². The highest BCUT2D eigenvalue weighted by Gasteiger charge is 2.22. The third-order valence-corrected chi connectivity index (χ3v) is 6.71. The maximum Gasteiger partial charge on any atom is 0.108 e. The largest absolute Gasteiger partial charge is 0.183 e. The highest BCUT2D eigenvalue weighted by Crippen LogP contribution is 2.34. The molecule has 1 rings (SSSR count). The predicted octanol–water partition coefficient (Wildman–Crippen LogP) is 3.89. The minimum Gasteiger partial charge on any atom is -0.183 e. The van der Waals surface area contributed by atoms with Crippen molar-refractivity contribution in [2.75, 3.05) is 0 Å². The highest BCUT2D eigenvalue weighted by atomic mass is 32.4. The van der Waals surface area contributed by atoms with E-state index in [2.05, 4.69) is 30.9 Å². The fourth-order valence-electron chi connectivity index (χ4n) is 1.68. The Balaban J connectivity index is 2.24. The summed E-state index contributed by atoms with van der Waals surface area (Å²) in [5, 5.41) is 1.02. The van der Waals surface area contributed by atoms with Crippen molar-refractivity contribution in [2.45, 2.75) is 57.0 Å². The van der Waals surface area contributed by atoms with Gasteiger partial charge in [0.1, 0.15) is 7.22 Å². The lowest BCUT2D eigenvalue weighted by Gasteiger charge is -2.27. The number of hydrogen-bond acceptors (Lipinski definition) is 1. The molecule has 2 heteroatoms. The molecule has 0 radical (unpaired) electrons. The van der Waals surface area contributed by atoms with E-state index in [1.54, 1.807) is 0 Å². The van der Waals surface area contributed by atoms with E-state index in [1.165, 1.54) is 32.1 Å². The molecule has 1 saturated carbocycles. The summed E-state index contributed by atoms with van der Waals surface area (Å²) in [6.07, 6.45) is 7.46. The fourth-order valence-corrected chi connectivity index (χ4v) is 6.96. The Morgan fingerprint density at radius 1 is 1.00 bits per heavy atom. The molecule has 1 fully saturated rings. The molecule has 0 bridgehead atoms. The van der Waals surface area contributed by atoms with Crippen molar-refractivity contribution in [1.29, 1.82) is 0 Å². The predicted molar refractivity (Wildman–Crippen MR) is 57.8 cm³/mol. The first-order valence-electron chi connectivity index (χ1n) is 4.76. The molecular formula is C9H20SSi. The van der Waals surface area contributed by atoms with Gasteiger partial charge in [-0.2, -0.15) is 11.2 Å². The van der Waals surface area contributed by atoms with E-state index in [9.17, 15) is 0 Å². The standard InChI is InChI=1S/C9H20SSi/c1-11(2,3)10-9-7-5-4-6-8-9/h9H,4-8H2,1-3H3. The zero-order chi connectivity index (χ0) is 8.32. The van der Waals surface area contributed by atoms with Crippen LogP contribution >= 0.6 is 11.2 Å². The van der Waals surface area contributed by atoms with Crippen LogP contribution in [0.5, 0.6) is 0 Å². The summed E-state index contributed by atoms with van der Waals surface area (Å²) >= 11 is 2.32. The molecule has 0 N–H and O–H groups in total. The summed E-state index contributed by atoms with van der Waals surface area (Å²) in [6, 6.07) is 0. The van der Waals surface area contributed by atoms with Gasteiger partial charge in [0.05, 0.1) is 0 Å². The fraction of sp³-hybridized carbons (Fsp3) is 1.00. The van der Waals surface area contributed by atoms with E-state index in [4.69, 9.17) is 0 Å². The smallest absolute Gasteiger partial charge is 0.108 e. The third-order valence-electron chi connectivity index (χ3n) is 2.07. The maximum atomic E-state index is 2.46. The summed E-state index contributed by atoms with van der Waals surface area (Å²) < 4.78 is 0. The van der Waals surface area contributed by atoms with Crippen molar-refractivity contribution >= 4 is 18.4 Å². The first kappa shape index (κ1) is 9.65. The van der Waals surface area contributed by atoms with Crippen LogP contribution in [0.15, 0.2) is 0 Å². The van der Waals surface area contributed by atoms with Crippen LogP contribution in [-0.2, 0) is 0 Å². The van der Waals surface area contributed by atoms with Crippen molar-refractivity contribution in [3.05, 3.63) is 0 Å². The van der Waals surface area contributed by atoms with Crippen LogP contribution in [0.25, 0.3) is 0 Å². The van der Waals surface area contributed by atoms with Crippen LogP contribution < -0.4 is 0 Å². The monoisotopic (exact) mass is 188 g/mol. The summed E-state index contributed by atoms with van der Waals surface area (Å²) in [7, 11) is -0.828. The van der Waals surface area contributed by atoms with Gasteiger partial charge in [0, 0.05) is 0 Å². The summed E-state index contributed by atoms with van der Waals surface area (Å²) in [4.78, 5) is 0. The lowest BCUT2D eigenvalue weighted by atomic mass is 10.0. The lowest BCUT2D eigenvalue weighted by molar-refractivity contribution is 0.517. The first-order chi connectivity index (χ1) is 5.08. The van der Waals surface area contributed by atoms with Gasteiger partial charge in [-0.05, 0) is 18.1 Å². The molecule has 11 heavy (non-hydrogen) atoms. The summed E-state index contributed by atoms with van der Waals surface area (Å²) in [5.41, 5.74) is 0. The summed E-state index contributed by atoms with van der Waals surface area (Å²) in [6.45, 7) is 7.39. The average molecular weight is 188 g/mol. The van der Waals surface area contributed by atoms with Gasteiger partial charge in [-0.15, -0.1) is 0 Å².